The van der Waals surface area contributed by atoms with Gasteiger partial charge in [-0.25, -0.2) is 0 Å². The number of hydrogen-bond acceptors (Lipinski definition) is 3. The van der Waals surface area contributed by atoms with E-state index in [-0.39, 0.29) is 23.8 Å². The van der Waals surface area contributed by atoms with Gasteiger partial charge < -0.3 is 15.1 Å². The number of nitrogens with zero attached hydrogens (tertiary/aromatic N) is 2. The molecule has 1 unspecified atom stereocenters. The highest BCUT2D eigenvalue weighted by molar-refractivity contribution is 5.80. The predicted octanol–water partition coefficient (Wildman–Crippen LogP) is 0.701. The molecule has 110 valence electrons. The van der Waals surface area contributed by atoms with Crippen LogP contribution in [0.5, 0.6) is 0 Å². The Kier molecular flexibility index (Phi) is 6.28. The second kappa shape index (κ2) is 7.48. The molecule has 0 bridgehead atoms. The largest absolute Gasteiger partial charge is 0.349 e. The molecule has 5 heteroatoms. The Morgan fingerprint density at radius 2 is 1.89 bits per heavy atom. The van der Waals surface area contributed by atoms with Crippen LogP contribution >= 0.6 is 0 Å². The Morgan fingerprint density at radius 3 is 2.37 bits per heavy atom. The molecule has 0 aromatic rings. The molecule has 2 amide bonds. The molecule has 0 saturated carbocycles. The summed E-state index contributed by atoms with van der Waals surface area (Å²) >= 11 is 0. The van der Waals surface area contributed by atoms with E-state index in [0.717, 1.165) is 19.4 Å². The Bertz CT molecular complexity index is 310. The average Bonchev–Trinajstić information content (AvgIpc) is 2.38. The highest BCUT2D eigenvalue weighted by atomic mass is 16.2. The third-order valence-electron chi connectivity index (χ3n) is 3.67. The van der Waals surface area contributed by atoms with Crippen molar-refractivity contribution < 1.29 is 9.59 Å². The average molecular weight is 269 g/mol. The first kappa shape index (κ1) is 16.0. The zero-order valence-corrected chi connectivity index (χ0v) is 12.6. The standard InChI is InChI=1S/C14H27N3O2/c1-5-15-11(2)10-13(18)17-8-6-12(7-9-17)14(19)16(3)4/h11-12,15H,5-10H2,1-4H3. The van der Waals surface area contributed by atoms with Crippen molar-refractivity contribution in [3.8, 4) is 0 Å². The molecule has 1 atom stereocenters. The molecule has 1 saturated heterocycles. The zero-order valence-electron chi connectivity index (χ0n) is 12.6. The van der Waals surface area contributed by atoms with Gasteiger partial charge in [0.2, 0.25) is 11.8 Å². The fraction of sp³-hybridized carbons (Fsp3) is 0.857. The van der Waals surface area contributed by atoms with Crippen molar-refractivity contribution in [1.82, 2.24) is 15.1 Å². The molecule has 1 heterocycles. The first-order valence-corrected chi connectivity index (χ1v) is 7.18. The number of carbonyl (C=O) groups excluding carboxylic acids is 2. The van der Waals surface area contributed by atoms with E-state index < -0.39 is 0 Å². The molecule has 0 radical (unpaired) electrons. The van der Waals surface area contributed by atoms with Crippen molar-refractivity contribution in [2.24, 2.45) is 5.92 Å². The van der Waals surface area contributed by atoms with Gasteiger partial charge in [-0.15, -0.1) is 0 Å². The van der Waals surface area contributed by atoms with E-state index in [1.165, 1.54) is 0 Å². The maximum absolute atomic E-state index is 12.1. The molecule has 1 aliphatic rings. The molecule has 19 heavy (non-hydrogen) atoms. The van der Waals surface area contributed by atoms with Crippen LogP contribution in [0, 0.1) is 5.92 Å². The molecular weight excluding hydrogens is 242 g/mol. The van der Waals surface area contributed by atoms with Crippen LogP contribution in [0.1, 0.15) is 33.1 Å². The number of carbonyl (C=O) groups is 2. The van der Waals surface area contributed by atoms with Crippen molar-refractivity contribution in [3.63, 3.8) is 0 Å². The molecule has 0 aromatic carbocycles. The summed E-state index contributed by atoms with van der Waals surface area (Å²) in [6.07, 6.45) is 2.12. The number of likely N-dealkylation sites (tertiary alicyclic amines) is 1. The van der Waals surface area contributed by atoms with E-state index in [1.54, 1.807) is 19.0 Å². The third kappa shape index (κ3) is 4.82. The van der Waals surface area contributed by atoms with Gasteiger partial charge in [0.15, 0.2) is 0 Å². The lowest BCUT2D eigenvalue weighted by molar-refractivity contribution is -0.139. The number of hydrogen-bond donors (Lipinski definition) is 1. The van der Waals surface area contributed by atoms with Crippen molar-refractivity contribution in [3.05, 3.63) is 0 Å². The second-order valence-corrected chi connectivity index (χ2v) is 5.55. The summed E-state index contributed by atoms with van der Waals surface area (Å²) in [7, 11) is 3.58. The van der Waals surface area contributed by atoms with Gasteiger partial charge in [-0.2, -0.15) is 0 Å². The third-order valence-corrected chi connectivity index (χ3v) is 3.67. The van der Waals surface area contributed by atoms with E-state index in [0.29, 0.717) is 19.5 Å². The molecule has 1 N–H and O–H groups in total. The maximum atomic E-state index is 12.1. The van der Waals surface area contributed by atoms with Crippen LogP contribution in [0.3, 0.4) is 0 Å². The van der Waals surface area contributed by atoms with Crippen LogP contribution in [-0.2, 0) is 9.59 Å². The fourth-order valence-corrected chi connectivity index (χ4v) is 2.55. The summed E-state index contributed by atoms with van der Waals surface area (Å²) in [5.74, 6) is 0.475. The number of piperidine rings is 1. The quantitative estimate of drug-likeness (QED) is 0.799. The Balaban J connectivity index is 2.37. The second-order valence-electron chi connectivity index (χ2n) is 5.55. The molecular formula is C14H27N3O2. The van der Waals surface area contributed by atoms with E-state index in [2.05, 4.69) is 5.32 Å². The normalized spacial score (nSPS) is 18.2. The maximum Gasteiger partial charge on any atom is 0.225 e. The van der Waals surface area contributed by atoms with Gasteiger partial charge in [0.05, 0.1) is 0 Å². The van der Waals surface area contributed by atoms with Crippen molar-refractivity contribution in [2.45, 2.75) is 39.2 Å². The molecule has 1 fully saturated rings. The molecule has 1 aliphatic heterocycles. The molecule has 5 nitrogen and oxygen atoms in total. The molecule has 0 spiro atoms. The minimum atomic E-state index is 0.0882. The topological polar surface area (TPSA) is 52.7 Å². The number of rotatable bonds is 5. The summed E-state index contributed by atoms with van der Waals surface area (Å²) in [5, 5.41) is 3.25. The summed E-state index contributed by atoms with van der Waals surface area (Å²) < 4.78 is 0. The SMILES string of the molecule is CCNC(C)CC(=O)N1CCC(C(=O)N(C)C)CC1. The Hall–Kier alpha value is -1.10. The van der Waals surface area contributed by atoms with Gasteiger partial charge in [0.25, 0.3) is 0 Å². The van der Waals surface area contributed by atoms with Crippen LogP contribution in [-0.4, -0.2) is 61.4 Å². The van der Waals surface area contributed by atoms with Gasteiger partial charge in [-0.05, 0) is 26.3 Å². The van der Waals surface area contributed by atoms with Crippen molar-refractivity contribution >= 4 is 11.8 Å². The minimum absolute atomic E-state index is 0.0882. The molecule has 0 aliphatic carbocycles. The van der Waals surface area contributed by atoms with Crippen molar-refractivity contribution in [1.29, 1.82) is 0 Å². The van der Waals surface area contributed by atoms with Crippen LogP contribution in [0.25, 0.3) is 0 Å². The lowest BCUT2D eigenvalue weighted by Gasteiger charge is -2.33. The lowest BCUT2D eigenvalue weighted by Crippen LogP contribution is -2.44. The van der Waals surface area contributed by atoms with Gasteiger partial charge in [-0.1, -0.05) is 6.92 Å². The number of amides is 2. The minimum Gasteiger partial charge on any atom is -0.349 e. The summed E-state index contributed by atoms with van der Waals surface area (Å²) in [6.45, 7) is 6.38. The van der Waals surface area contributed by atoms with E-state index in [1.807, 2.05) is 18.7 Å². The van der Waals surface area contributed by atoms with Gasteiger partial charge >= 0.3 is 0 Å². The lowest BCUT2D eigenvalue weighted by atomic mass is 9.95. The van der Waals surface area contributed by atoms with Crippen LogP contribution < -0.4 is 5.32 Å². The molecule has 0 aromatic heterocycles. The van der Waals surface area contributed by atoms with E-state index in [9.17, 15) is 9.59 Å². The van der Waals surface area contributed by atoms with E-state index in [4.69, 9.17) is 0 Å². The highest BCUT2D eigenvalue weighted by Gasteiger charge is 2.28. The highest BCUT2D eigenvalue weighted by Crippen LogP contribution is 2.19. The van der Waals surface area contributed by atoms with Crippen LogP contribution in [0.2, 0.25) is 0 Å². The Labute approximate surface area is 116 Å². The smallest absolute Gasteiger partial charge is 0.225 e. The van der Waals surface area contributed by atoms with Gasteiger partial charge in [-0.3, -0.25) is 9.59 Å². The molecule has 1 rings (SSSR count). The first-order chi connectivity index (χ1) is 8.95. The summed E-state index contributed by atoms with van der Waals surface area (Å²) in [6, 6.07) is 0.221. The Morgan fingerprint density at radius 1 is 1.32 bits per heavy atom. The van der Waals surface area contributed by atoms with Gasteiger partial charge in [0.1, 0.15) is 0 Å². The van der Waals surface area contributed by atoms with Crippen molar-refractivity contribution in [2.75, 3.05) is 33.7 Å². The monoisotopic (exact) mass is 269 g/mol. The van der Waals surface area contributed by atoms with Crippen LogP contribution in [0.4, 0.5) is 0 Å². The number of nitrogens with one attached hydrogen (secondary N) is 1. The predicted molar refractivity (Wildman–Crippen MR) is 75.8 cm³/mol. The van der Waals surface area contributed by atoms with E-state index >= 15 is 0 Å². The fourth-order valence-electron chi connectivity index (χ4n) is 2.55. The first-order valence-electron chi connectivity index (χ1n) is 7.18. The van der Waals surface area contributed by atoms with Gasteiger partial charge in [0, 0.05) is 45.6 Å². The van der Waals surface area contributed by atoms with Crippen LogP contribution in [0.15, 0.2) is 0 Å². The summed E-state index contributed by atoms with van der Waals surface area (Å²) in [4.78, 5) is 27.5. The summed E-state index contributed by atoms with van der Waals surface area (Å²) in [5.41, 5.74) is 0. The zero-order chi connectivity index (χ0) is 14.4.